The Morgan fingerprint density at radius 2 is 1.52 bits per heavy atom. The van der Waals surface area contributed by atoms with Crippen molar-refractivity contribution in [3.63, 3.8) is 0 Å². The lowest BCUT2D eigenvalue weighted by Crippen LogP contribution is -2.61. The molecule has 25 heavy (non-hydrogen) atoms. The van der Waals surface area contributed by atoms with Crippen molar-refractivity contribution < 1.29 is 14.4 Å². The first-order chi connectivity index (χ1) is 11.4. The van der Waals surface area contributed by atoms with Gasteiger partial charge in [-0.1, -0.05) is 32.9 Å². The molecule has 1 heterocycles. The third-order valence-corrected chi connectivity index (χ3v) is 5.00. The van der Waals surface area contributed by atoms with Gasteiger partial charge in [0.1, 0.15) is 6.10 Å². The van der Waals surface area contributed by atoms with Gasteiger partial charge in [-0.3, -0.25) is 0 Å². The topological polar surface area (TPSA) is 38.8 Å². The average Bonchev–Trinajstić information content (AvgIpc) is 2.44. The van der Waals surface area contributed by atoms with Crippen molar-refractivity contribution >= 4 is 5.97 Å². The van der Waals surface area contributed by atoms with E-state index in [1.54, 1.807) is 7.11 Å². The van der Waals surface area contributed by atoms with E-state index in [1.165, 1.54) is 5.56 Å². The highest BCUT2D eigenvalue weighted by atomic mass is 16.7. The van der Waals surface area contributed by atoms with Gasteiger partial charge in [0, 0.05) is 23.9 Å². The van der Waals surface area contributed by atoms with Crippen LogP contribution >= 0.6 is 0 Å². The van der Waals surface area contributed by atoms with Crippen LogP contribution in [0.1, 0.15) is 77.2 Å². The van der Waals surface area contributed by atoms with Gasteiger partial charge in [0.15, 0.2) is 0 Å². The lowest BCUT2D eigenvalue weighted by molar-refractivity contribution is -0.276. The number of ether oxygens (including phenoxy) is 1. The molecule has 0 spiro atoms. The lowest BCUT2D eigenvalue weighted by Gasteiger charge is -2.52. The van der Waals surface area contributed by atoms with E-state index in [9.17, 15) is 4.79 Å². The Morgan fingerprint density at radius 1 is 1.04 bits per heavy atom. The molecule has 0 atom stereocenters. The van der Waals surface area contributed by atoms with E-state index in [0.717, 1.165) is 12.8 Å². The molecular formula is C21H33NO3. The van der Waals surface area contributed by atoms with Crippen LogP contribution in [0.2, 0.25) is 0 Å². The molecule has 1 fully saturated rings. The summed E-state index contributed by atoms with van der Waals surface area (Å²) >= 11 is 0. The van der Waals surface area contributed by atoms with Crippen molar-refractivity contribution in [2.75, 3.05) is 7.11 Å². The monoisotopic (exact) mass is 347 g/mol. The average molecular weight is 347 g/mol. The maximum atomic E-state index is 12.6. The molecule has 0 aromatic heterocycles. The molecule has 4 nitrogen and oxygen atoms in total. The molecule has 0 N–H and O–H groups in total. The SMILES string of the molecule is CON1C(C)(C)CC(OC(=O)c2ccc(C(C)(C)C)cc2)CC1(C)C. The van der Waals surface area contributed by atoms with Crippen molar-refractivity contribution in [3.8, 4) is 0 Å². The summed E-state index contributed by atoms with van der Waals surface area (Å²) < 4.78 is 5.85. The number of piperidine rings is 1. The fourth-order valence-corrected chi connectivity index (χ4v) is 4.07. The lowest BCUT2D eigenvalue weighted by atomic mass is 9.80. The van der Waals surface area contributed by atoms with Crippen LogP contribution in [0.25, 0.3) is 0 Å². The molecule has 1 saturated heterocycles. The Labute approximate surface area is 152 Å². The van der Waals surface area contributed by atoms with Gasteiger partial charge < -0.3 is 9.57 Å². The van der Waals surface area contributed by atoms with Gasteiger partial charge in [-0.15, -0.1) is 0 Å². The minimum Gasteiger partial charge on any atom is -0.459 e. The number of hydrogen-bond acceptors (Lipinski definition) is 4. The first-order valence-electron chi connectivity index (χ1n) is 9.03. The zero-order chi connectivity index (χ0) is 19.0. The standard InChI is InChI=1S/C21H33NO3/c1-19(2,3)16-11-9-15(10-12-16)18(23)25-17-13-20(4,5)22(24-8)21(6,7)14-17/h9-12,17H,13-14H2,1-8H3. The predicted octanol–water partition coefficient (Wildman–Crippen LogP) is 4.72. The van der Waals surface area contributed by atoms with Gasteiger partial charge in [-0.05, 0) is 50.8 Å². The number of nitrogens with zero attached hydrogens (tertiary/aromatic N) is 1. The van der Waals surface area contributed by atoms with Crippen LogP contribution in [0, 0.1) is 0 Å². The van der Waals surface area contributed by atoms with Crippen molar-refractivity contribution in [2.45, 2.75) is 83.9 Å². The number of rotatable bonds is 3. The van der Waals surface area contributed by atoms with Crippen molar-refractivity contribution in [3.05, 3.63) is 35.4 Å². The number of esters is 1. The Morgan fingerprint density at radius 3 is 1.92 bits per heavy atom. The highest BCUT2D eigenvalue weighted by Crippen LogP contribution is 2.39. The maximum absolute atomic E-state index is 12.6. The van der Waals surface area contributed by atoms with Gasteiger partial charge in [0.2, 0.25) is 0 Å². The molecule has 1 aliphatic rings. The first-order valence-corrected chi connectivity index (χ1v) is 9.03. The summed E-state index contributed by atoms with van der Waals surface area (Å²) in [5.74, 6) is -0.247. The van der Waals surface area contributed by atoms with E-state index in [1.807, 2.05) is 29.3 Å². The van der Waals surface area contributed by atoms with Gasteiger partial charge in [0.25, 0.3) is 0 Å². The van der Waals surface area contributed by atoms with Gasteiger partial charge in [-0.25, -0.2) is 4.79 Å². The Bertz CT molecular complexity index is 593. The van der Waals surface area contributed by atoms with Crippen LogP contribution in [0.3, 0.4) is 0 Å². The van der Waals surface area contributed by atoms with Crippen LogP contribution in [0.4, 0.5) is 0 Å². The highest BCUT2D eigenvalue weighted by molar-refractivity contribution is 5.89. The van der Waals surface area contributed by atoms with E-state index in [0.29, 0.717) is 5.56 Å². The highest BCUT2D eigenvalue weighted by Gasteiger charge is 2.47. The molecule has 140 valence electrons. The summed E-state index contributed by atoms with van der Waals surface area (Å²) in [6.07, 6.45) is 1.37. The molecule has 1 aromatic rings. The van der Waals surface area contributed by atoms with E-state index in [-0.39, 0.29) is 28.6 Å². The van der Waals surface area contributed by atoms with Crippen molar-refractivity contribution in [2.24, 2.45) is 0 Å². The van der Waals surface area contributed by atoms with Gasteiger partial charge in [0.05, 0.1) is 12.7 Å². The van der Waals surface area contributed by atoms with Crippen LogP contribution in [0.5, 0.6) is 0 Å². The molecule has 4 heteroatoms. The van der Waals surface area contributed by atoms with E-state index in [4.69, 9.17) is 9.57 Å². The van der Waals surface area contributed by atoms with Crippen LogP contribution < -0.4 is 0 Å². The van der Waals surface area contributed by atoms with Crippen molar-refractivity contribution in [1.82, 2.24) is 5.06 Å². The van der Waals surface area contributed by atoms with Crippen molar-refractivity contribution in [1.29, 1.82) is 0 Å². The number of carbonyl (C=O) groups excluding carboxylic acids is 1. The number of benzene rings is 1. The Hall–Kier alpha value is -1.39. The zero-order valence-corrected chi connectivity index (χ0v) is 17.0. The molecule has 0 unspecified atom stereocenters. The van der Waals surface area contributed by atoms with E-state index < -0.39 is 0 Å². The summed E-state index contributed by atoms with van der Waals surface area (Å²) in [7, 11) is 1.70. The molecule has 2 rings (SSSR count). The zero-order valence-electron chi connectivity index (χ0n) is 17.0. The van der Waals surface area contributed by atoms with Crippen LogP contribution in [0.15, 0.2) is 24.3 Å². The summed E-state index contributed by atoms with van der Waals surface area (Å²) in [5.41, 5.74) is 1.50. The Balaban J connectivity index is 2.10. The summed E-state index contributed by atoms with van der Waals surface area (Å²) in [6.45, 7) is 15.0. The minimum absolute atomic E-state index is 0.0729. The van der Waals surface area contributed by atoms with Gasteiger partial charge >= 0.3 is 5.97 Å². The van der Waals surface area contributed by atoms with Crippen LogP contribution in [-0.2, 0) is 15.0 Å². The quantitative estimate of drug-likeness (QED) is 0.741. The summed E-state index contributed by atoms with van der Waals surface area (Å²) in [6, 6.07) is 7.75. The van der Waals surface area contributed by atoms with Crippen LogP contribution in [-0.4, -0.2) is 35.3 Å². The summed E-state index contributed by atoms with van der Waals surface area (Å²) in [4.78, 5) is 18.2. The predicted molar refractivity (Wildman–Crippen MR) is 101 cm³/mol. The fraction of sp³-hybridized carbons (Fsp3) is 0.667. The third-order valence-electron chi connectivity index (χ3n) is 5.00. The third kappa shape index (κ3) is 4.42. The molecule has 0 saturated carbocycles. The molecule has 0 bridgehead atoms. The second-order valence-electron chi connectivity index (χ2n) is 9.36. The number of carbonyl (C=O) groups is 1. The molecule has 1 aliphatic heterocycles. The van der Waals surface area contributed by atoms with E-state index in [2.05, 4.69) is 48.5 Å². The largest absolute Gasteiger partial charge is 0.459 e. The molecule has 1 aromatic carbocycles. The maximum Gasteiger partial charge on any atom is 0.338 e. The molecule has 0 aliphatic carbocycles. The minimum atomic E-state index is -0.247. The van der Waals surface area contributed by atoms with Gasteiger partial charge in [-0.2, -0.15) is 5.06 Å². The normalized spacial score (nSPS) is 21.1. The molecule has 0 radical (unpaired) electrons. The van der Waals surface area contributed by atoms with E-state index >= 15 is 0 Å². The first kappa shape index (κ1) is 19.9. The summed E-state index contributed by atoms with van der Waals surface area (Å²) in [5, 5.41) is 2.02. The molecule has 0 amide bonds. The fourth-order valence-electron chi connectivity index (χ4n) is 4.07. The number of hydroxylamine groups is 2. The Kier molecular flexibility index (Phi) is 5.36. The number of hydrogen-bond donors (Lipinski definition) is 0. The molecular weight excluding hydrogens is 314 g/mol. The second kappa shape index (κ2) is 6.73. The smallest absolute Gasteiger partial charge is 0.338 e. The second-order valence-corrected chi connectivity index (χ2v) is 9.36.